The summed E-state index contributed by atoms with van der Waals surface area (Å²) < 4.78 is 12.4. The third-order valence-electron chi connectivity index (χ3n) is 6.06. The normalized spacial score (nSPS) is 11.0. The van der Waals surface area contributed by atoms with Crippen LogP contribution in [0.2, 0.25) is 0 Å². The number of aromatic nitrogens is 1. The van der Waals surface area contributed by atoms with Crippen molar-refractivity contribution in [1.29, 1.82) is 0 Å². The number of carbonyl (C=O) groups is 2. The Morgan fingerprint density at radius 2 is 1.42 bits per heavy atom. The van der Waals surface area contributed by atoms with Gasteiger partial charge in [0.05, 0.1) is 26.3 Å². The average Bonchev–Trinajstić information content (AvgIpc) is 3.22. The number of hydrogen-bond acceptors (Lipinski definition) is 4. The first-order valence-corrected chi connectivity index (χ1v) is 12.7. The summed E-state index contributed by atoms with van der Waals surface area (Å²) in [5.41, 5.74) is 1.05. The molecule has 0 bridgehead atoms. The van der Waals surface area contributed by atoms with Crippen molar-refractivity contribution in [1.82, 2.24) is 14.4 Å². The van der Waals surface area contributed by atoms with Crippen molar-refractivity contribution in [3.8, 4) is 0 Å². The second-order valence-corrected chi connectivity index (χ2v) is 8.81. The molecule has 1 heterocycles. The highest BCUT2D eigenvalue weighted by Crippen LogP contribution is 2.12. The number of unbranched alkanes of at least 4 members (excludes halogenated alkanes) is 8. The molecule has 33 heavy (non-hydrogen) atoms. The lowest BCUT2D eigenvalue weighted by molar-refractivity contribution is -0.141. The first kappa shape index (κ1) is 29.2. The van der Waals surface area contributed by atoms with Crippen LogP contribution < -0.4 is 0 Å². The van der Waals surface area contributed by atoms with E-state index in [9.17, 15) is 9.59 Å². The number of aryl methyl sites for hydroxylation is 1. The van der Waals surface area contributed by atoms with E-state index in [0.29, 0.717) is 39.3 Å². The van der Waals surface area contributed by atoms with Crippen LogP contribution in [0.1, 0.15) is 76.8 Å². The molecule has 1 aromatic heterocycles. The highest BCUT2D eigenvalue weighted by atomic mass is 16.5. The summed E-state index contributed by atoms with van der Waals surface area (Å²) in [6, 6.07) is 3.97. The fraction of sp³-hybridized carbons (Fsp3) is 0.769. The fourth-order valence-corrected chi connectivity index (χ4v) is 3.85. The van der Waals surface area contributed by atoms with Gasteiger partial charge in [0, 0.05) is 52.7 Å². The lowest BCUT2D eigenvalue weighted by atomic mass is 10.1. The van der Waals surface area contributed by atoms with Crippen LogP contribution in [0.3, 0.4) is 0 Å². The second kappa shape index (κ2) is 18.6. The Labute approximate surface area is 201 Å². The van der Waals surface area contributed by atoms with E-state index < -0.39 is 0 Å². The van der Waals surface area contributed by atoms with Gasteiger partial charge in [0.15, 0.2) is 0 Å². The summed E-state index contributed by atoms with van der Waals surface area (Å²) in [6.07, 6.45) is 13.4. The van der Waals surface area contributed by atoms with Gasteiger partial charge in [-0.25, -0.2) is 0 Å². The SMILES string of the molecule is CCCCCCCCCCCC(=O)N(CCOC)CC(=O)N(CCOC)Cc1cccn1C. The minimum atomic E-state index is -0.0650. The fourth-order valence-electron chi connectivity index (χ4n) is 3.85. The van der Waals surface area contributed by atoms with E-state index in [1.54, 1.807) is 24.0 Å². The van der Waals surface area contributed by atoms with Gasteiger partial charge in [-0.05, 0) is 18.6 Å². The van der Waals surface area contributed by atoms with Crippen molar-refractivity contribution in [3.05, 3.63) is 24.0 Å². The quantitative estimate of drug-likeness (QED) is 0.268. The number of carbonyl (C=O) groups excluding carboxylic acids is 2. The van der Waals surface area contributed by atoms with Crippen LogP contribution in [0.25, 0.3) is 0 Å². The average molecular weight is 466 g/mol. The van der Waals surface area contributed by atoms with Crippen LogP contribution >= 0.6 is 0 Å². The Balaban J connectivity index is 2.52. The van der Waals surface area contributed by atoms with Gasteiger partial charge in [-0.2, -0.15) is 0 Å². The lowest BCUT2D eigenvalue weighted by Crippen LogP contribution is -2.45. The zero-order chi connectivity index (χ0) is 24.3. The molecule has 190 valence electrons. The van der Waals surface area contributed by atoms with Crippen LogP contribution in [0.4, 0.5) is 0 Å². The number of nitrogens with zero attached hydrogens (tertiary/aromatic N) is 3. The second-order valence-electron chi connectivity index (χ2n) is 8.81. The molecule has 1 aromatic rings. The van der Waals surface area contributed by atoms with Crippen molar-refractivity contribution < 1.29 is 19.1 Å². The van der Waals surface area contributed by atoms with Gasteiger partial charge in [0.25, 0.3) is 0 Å². The van der Waals surface area contributed by atoms with Crippen molar-refractivity contribution >= 4 is 11.8 Å². The van der Waals surface area contributed by atoms with Gasteiger partial charge in [0.1, 0.15) is 0 Å². The number of rotatable bonds is 20. The molecule has 0 saturated carbocycles. The molecule has 0 aromatic carbocycles. The molecule has 0 fully saturated rings. The van der Waals surface area contributed by atoms with E-state index in [-0.39, 0.29) is 18.4 Å². The maximum Gasteiger partial charge on any atom is 0.242 e. The summed E-state index contributed by atoms with van der Waals surface area (Å²) in [6.45, 7) is 4.62. The van der Waals surface area contributed by atoms with Crippen LogP contribution in [-0.4, -0.2) is 73.2 Å². The maximum atomic E-state index is 13.1. The molecular weight excluding hydrogens is 418 g/mol. The summed E-state index contributed by atoms with van der Waals surface area (Å²) in [4.78, 5) is 29.4. The highest BCUT2D eigenvalue weighted by molar-refractivity contribution is 5.84. The summed E-state index contributed by atoms with van der Waals surface area (Å²) >= 11 is 0. The molecule has 0 aliphatic carbocycles. The monoisotopic (exact) mass is 465 g/mol. The molecule has 0 unspecified atom stereocenters. The van der Waals surface area contributed by atoms with Crippen LogP contribution in [-0.2, 0) is 32.7 Å². The number of ether oxygens (including phenoxy) is 2. The van der Waals surface area contributed by atoms with Gasteiger partial charge in [-0.15, -0.1) is 0 Å². The Hall–Kier alpha value is -1.86. The zero-order valence-corrected chi connectivity index (χ0v) is 21.5. The predicted molar refractivity (Wildman–Crippen MR) is 133 cm³/mol. The van der Waals surface area contributed by atoms with Gasteiger partial charge in [0.2, 0.25) is 11.8 Å². The molecule has 0 aliphatic rings. The number of hydrogen-bond donors (Lipinski definition) is 0. The van der Waals surface area contributed by atoms with E-state index in [1.807, 2.05) is 29.9 Å². The van der Waals surface area contributed by atoms with Crippen LogP contribution in [0, 0.1) is 0 Å². The van der Waals surface area contributed by atoms with Crippen molar-refractivity contribution in [2.24, 2.45) is 7.05 Å². The maximum absolute atomic E-state index is 13.1. The van der Waals surface area contributed by atoms with E-state index in [4.69, 9.17) is 9.47 Å². The Kier molecular flexibility index (Phi) is 16.4. The summed E-state index contributed by atoms with van der Waals surface area (Å²) in [7, 11) is 5.21. The molecule has 0 atom stereocenters. The Morgan fingerprint density at radius 1 is 0.848 bits per heavy atom. The van der Waals surface area contributed by atoms with Crippen LogP contribution in [0.5, 0.6) is 0 Å². The standard InChI is InChI=1S/C26H47N3O4/c1-5-6-7-8-9-10-11-12-13-16-25(30)29(19-21-33-4)23-26(31)28(18-20-32-3)22-24-15-14-17-27(24)2/h14-15,17H,5-13,16,18-23H2,1-4H3. The van der Waals surface area contributed by atoms with E-state index >= 15 is 0 Å². The topological polar surface area (TPSA) is 64.0 Å². The Bertz CT molecular complexity index is 647. The van der Waals surface area contributed by atoms with Gasteiger partial charge < -0.3 is 23.8 Å². The number of methoxy groups -OCH3 is 2. The minimum absolute atomic E-state index is 0.0360. The molecule has 0 saturated heterocycles. The predicted octanol–water partition coefficient (Wildman–Crippen LogP) is 4.40. The smallest absolute Gasteiger partial charge is 0.242 e. The van der Waals surface area contributed by atoms with Gasteiger partial charge in [-0.1, -0.05) is 58.3 Å². The van der Waals surface area contributed by atoms with Gasteiger partial charge in [-0.3, -0.25) is 9.59 Å². The summed E-state index contributed by atoms with van der Waals surface area (Å²) in [5.74, 6) is -0.0290. The first-order chi connectivity index (χ1) is 16.0. The number of amides is 2. The molecule has 0 spiro atoms. The zero-order valence-electron chi connectivity index (χ0n) is 21.5. The first-order valence-electron chi connectivity index (χ1n) is 12.7. The van der Waals surface area contributed by atoms with Crippen molar-refractivity contribution in [3.63, 3.8) is 0 Å². The van der Waals surface area contributed by atoms with E-state index in [1.165, 1.54) is 44.9 Å². The molecule has 0 aliphatic heterocycles. The van der Waals surface area contributed by atoms with Crippen molar-refractivity contribution in [2.45, 2.75) is 77.7 Å². The van der Waals surface area contributed by atoms with E-state index in [2.05, 4.69) is 6.92 Å². The molecular formula is C26H47N3O4. The molecule has 2 amide bonds. The molecule has 0 N–H and O–H groups in total. The molecule has 7 heteroatoms. The third-order valence-corrected chi connectivity index (χ3v) is 6.06. The highest BCUT2D eigenvalue weighted by Gasteiger charge is 2.21. The largest absolute Gasteiger partial charge is 0.383 e. The lowest BCUT2D eigenvalue weighted by Gasteiger charge is -2.28. The van der Waals surface area contributed by atoms with Crippen LogP contribution in [0.15, 0.2) is 18.3 Å². The van der Waals surface area contributed by atoms with Gasteiger partial charge >= 0.3 is 0 Å². The molecule has 0 radical (unpaired) electrons. The Morgan fingerprint density at radius 3 is 1.97 bits per heavy atom. The molecule has 7 nitrogen and oxygen atoms in total. The minimum Gasteiger partial charge on any atom is -0.383 e. The molecule has 1 rings (SSSR count). The summed E-state index contributed by atoms with van der Waals surface area (Å²) in [5, 5.41) is 0. The van der Waals surface area contributed by atoms with Crippen molar-refractivity contribution in [2.75, 3.05) is 47.1 Å². The third kappa shape index (κ3) is 12.8. The van der Waals surface area contributed by atoms with E-state index in [0.717, 1.165) is 18.5 Å².